The summed E-state index contributed by atoms with van der Waals surface area (Å²) < 4.78 is 16.9. The third kappa shape index (κ3) is 7.56. The lowest BCUT2D eigenvalue weighted by Crippen LogP contribution is -2.24. The van der Waals surface area contributed by atoms with Gasteiger partial charge in [0.25, 0.3) is 5.91 Å². The van der Waals surface area contributed by atoms with Crippen LogP contribution < -0.4 is 19.6 Å². The Morgan fingerprint density at radius 1 is 0.939 bits per heavy atom. The molecule has 0 bridgehead atoms. The molecule has 1 amide bonds. The Kier molecular flexibility index (Phi) is 9.24. The maximum absolute atomic E-state index is 11.9. The molecule has 0 aromatic heterocycles. The van der Waals surface area contributed by atoms with Gasteiger partial charge in [-0.2, -0.15) is 5.10 Å². The van der Waals surface area contributed by atoms with Crippen LogP contribution in [-0.2, 0) is 11.4 Å². The van der Waals surface area contributed by atoms with Gasteiger partial charge in [-0.1, -0.05) is 40.9 Å². The molecule has 0 fully saturated rings. The highest BCUT2D eigenvalue weighted by Gasteiger charge is 2.10. The van der Waals surface area contributed by atoms with Gasteiger partial charge in [-0.25, -0.2) is 5.43 Å². The van der Waals surface area contributed by atoms with Crippen LogP contribution in [-0.4, -0.2) is 25.3 Å². The minimum atomic E-state index is -0.400. The Hall–Kier alpha value is -2.93. The van der Waals surface area contributed by atoms with Crippen LogP contribution in [0.3, 0.4) is 0 Å². The zero-order chi connectivity index (χ0) is 23.6. The number of nitrogens with one attached hydrogen (secondary N) is 1. The number of carbonyl (C=O) groups is 1. The molecule has 3 rings (SSSR count). The normalized spacial score (nSPS) is 10.8. The lowest BCUT2D eigenvalue weighted by atomic mass is 10.2. The first-order chi connectivity index (χ1) is 16.0. The number of hydrogen-bond donors (Lipinski definition) is 1. The molecule has 3 aromatic rings. The van der Waals surface area contributed by atoms with Gasteiger partial charge >= 0.3 is 0 Å². The average molecular weight is 508 g/mol. The monoisotopic (exact) mass is 506 g/mol. The maximum Gasteiger partial charge on any atom is 0.277 e. The van der Waals surface area contributed by atoms with Gasteiger partial charge in [0, 0.05) is 20.6 Å². The molecule has 0 heterocycles. The highest BCUT2D eigenvalue weighted by atomic mass is 35.5. The quantitative estimate of drug-likeness (QED) is 0.264. The Bertz CT molecular complexity index is 1100. The number of ether oxygens (including phenoxy) is 3. The molecule has 33 heavy (non-hydrogen) atoms. The van der Waals surface area contributed by atoms with Crippen LogP contribution in [0.5, 0.6) is 17.2 Å². The van der Waals surface area contributed by atoms with E-state index in [1.807, 2.05) is 6.92 Å². The standard InChI is InChI=1S/C24H21Cl3N2O4/c1-2-31-23-12-16(6-11-22(23)33-14-19-20(26)4-3-5-21(19)27)13-28-29-24(30)15-32-18-9-7-17(25)8-10-18/h3-13H,2,14-15H2,1H3,(H,29,30)/b28-13-. The van der Waals surface area contributed by atoms with Crippen molar-refractivity contribution in [1.82, 2.24) is 5.43 Å². The number of benzene rings is 3. The van der Waals surface area contributed by atoms with Crippen molar-refractivity contribution in [1.29, 1.82) is 0 Å². The highest BCUT2D eigenvalue weighted by Crippen LogP contribution is 2.31. The molecule has 9 heteroatoms. The summed E-state index contributed by atoms with van der Waals surface area (Å²) in [5.41, 5.74) is 3.82. The lowest BCUT2D eigenvalue weighted by Gasteiger charge is -2.14. The molecular formula is C24H21Cl3N2O4. The highest BCUT2D eigenvalue weighted by molar-refractivity contribution is 6.36. The zero-order valence-electron chi connectivity index (χ0n) is 17.7. The van der Waals surface area contributed by atoms with Crippen molar-refractivity contribution in [2.75, 3.05) is 13.2 Å². The number of rotatable bonds is 10. The molecule has 0 radical (unpaired) electrons. The molecule has 3 aromatic carbocycles. The number of hydrazone groups is 1. The van der Waals surface area contributed by atoms with Crippen molar-refractivity contribution >= 4 is 46.9 Å². The van der Waals surface area contributed by atoms with Crippen molar-refractivity contribution < 1.29 is 19.0 Å². The van der Waals surface area contributed by atoms with Gasteiger partial charge in [-0.15, -0.1) is 0 Å². The largest absolute Gasteiger partial charge is 0.490 e. The van der Waals surface area contributed by atoms with Gasteiger partial charge in [-0.05, 0) is 67.1 Å². The van der Waals surface area contributed by atoms with Crippen molar-refractivity contribution in [2.45, 2.75) is 13.5 Å². The zero-order valence-corrected chi connectivity index (χ0v) is 20.0. The van der Waals surface area contributed by atoms with Crippen molar-refractivity contribution in [3.05, 3.63) is 86.9 Å². The number of carbonyl (C=O) groups excluding carboxylic acids is 1. The van der Waals surface area contributed by atoms with Gasteiger partial charge in [0.05, 0.1) is 12.8 Å². The van der Waals surface area contributed by atoms with Gasteiger partial charge in [0.15, 0.2) is 18.1 Å². The number of hydrogen-bond acceptors (Lipinski definition) is 5. The van der Waals surface area contributed by atoms with Gasteiger partial charge in [0.1, 0.15) is 12.4 Å². The summed E-state index contributed by atoms with van der Waals surface area (Å²) in [7, 11) is 0. The fourth-order valence-electron chi connectivity index (χ4n) is 2.70. The van der Waals surface area contributed by atoms with Crippen LogP contribution >= 0.6 is 34.8 Å². The van der Waals surface area contributed by atoms with E-state index in [0.717, 1.165) is 0 Å². The number of halogens is 3. The predicted molar refractivity (Wildman–Crippen MR) is 131 cm³/mol. The Morgan fingerprint density at radius 2 is 1.67 bits per heavy atom. The second-order valence-corrected chi connectivity index (χ2v) is 7.91. The molecule has 0 aliphatic rings. The van der Waals surface area contributed by atoms with Gasteiger partial charge in [-0.3, -0.25) is 4.79 Å². The molecule has 0 saturated carbocycles. The van der Waals surface area contributed by atoms with E-state index < -0.39 is 5.91 Å². The van der Waals surface area contributed by atoms with E-state index in [4.69, 9.17) is 49.0 Å². The molecule has 0 atom stereocenters. The second kappa shape index (κ2) is 12.3. The maximum atomic E-state index is 11.9. The first-order valence-electron chi connectivity index (χ1n) is 9.99. The van der Waals surface area contributed by atoms with E-state index in [0.29, 0.717) is 50.1 Å². The third-order valence-corrected chi connectivity index (χ3v) is 5.25. The molecule has 0 saturated heterocycles. The van der Waals surface area contributed by atoms with Crippen LogP contribution in [0.1, 0.15) is 18.1 Å². The molecular weight excluding hydrogens is 487 g/mol. The first kappa shape index (κ1) is 24.7. The molecule has 0 unspecified atom stereocenters. The van der Waals surface area contributed by atoms with Crippen molar-refractivity contribution in [3.63, 3.8) is 0 Å². The van der Waals surface area contributed by atoms with E-state index in [1.165, 1.54) is 6.21 Å². The molecule has 172 valence electrons. The molecule has 0 aliphatic carbocycles. The van der Waals surface area contributed by atoms with E-state index in [2.05, 4.69) is 10.5 Å². The van der Waals surface area contributed by atoms with Crippen LogP contribution in [0.25, 0.3) is 0 Å². The minimum Gasteiger partial charge on any atom is -0.490 e. The lowest BCUT2D eigenvalue weighted by molar-refractivity contribution is -0.123. The smallest absolute Gasteiger partial charge is 0.277 e. The van der Waals surface area contributed by atoms with E-state index in [1.54, 1.807) is 60.7 Å². The molecule has 0 aliphatic heterocycles. The fraction of sp³-hybridized carbons (Fsp3) is 0.167. The van der Waals surface area contributed by atoms with Crippen LogP contribution in [0, 0.1) is 0 Å². The van der Waals surface area contributed by atoms with E-state index in [9.17, 15) is 4.79 Å². The Labute approximate surface area is 207 Å². The number of amides is 1. The van der Waals surface area contributed by atoms with E-state index >= 15 is 0 Å². The number of nitrogens with zero attached hydrogens (tertiary/aromatic N) is 1. The summed E-state index contributed by atoms with van der Waals surface area (Å²) in [6, 6.07) is 17.3. The molecule has 0 spiro atoms. The van der Waals surface area contributed by atoms with Crippen LogP contribution in [0.15, 0.2) is 65.8 Å². The summed E-state index contributed by atoms with van der Waals surface area (Å²) in [6.45, 7) is 2.33. The minimum absolute atomic E-state index is 0.180. The van der Waals surface area contributed by atoms with Crippen molar-refractivity contribution in [2.24, 2.45) is 5.10 Å². The van der Waals surface area contributed by atoms with Gasteiger partial charge < -0.3 is 14.2 Å². The fourth-order valence-corrected chi connectivity index (χ4v) is 3.34. The SMILES string of the molecule is CCOc1cc(/C=N\NC(=O)COc2ccc(Cl)cc2)ccc1OCc1c(Cl)cccc1Cl. The Balaban J connectivity index is 1.58. The topological polar surface area (TPSA) is 69.2 Å². The molecule has 6 nitrogen and oxygen atoms in total. The predicted octanol–water partition coefficient (Wildman–Crippen LogP) is 6.15. The second-order valence-electron chi connectivity index (χ2n) is 6.66. The summed E-state index contributed by atoms with van der Waals surface area (Å²) in [5, 5.41) is 5.60. The first-order valence-corrected chi connectivity index (χ1v) is 11.1. The van der Waals surface area contributed by atoms with Crippen LogP contribution in [0.4, 0.5) is 0 Å². The summed E-state index contributed by atoms with van der Waals surface area (Å²) in [4.78, 5) is 11.9. The Morgan fingerprint density at radius 3 is 2.36 bits per heavy atom. The summed E-state index contributed by atoms with van der Waals surface area (Å²) in [6.07, 6.45) is 1.50. The van der Waals surface area contributed by atoms with Gasteiger partial charge in [0.2, 0.25) is 0 Å². The summed E-state index contributed by atoms with van der Waals surface area (Å²) >= 11 is 18.2. The van der Waals surface area contributed by atoms with Crippen molar-refractivity contribution in [3.8, 4) is 17.2 Å². The van der Waals surface area contributed by atoms with E-state index in [-0.39, 0.29) is 13.2 Å². The average Bonchev–Trinajstić information content (AvgIpc) is 2.80. The third-order valence-electron chi connectivity index (χ3n) is 4.29. The molecule has 1 N–H and O–H groups in total. The summed E-state index contributed by atoms with van der Waals surface area (Å²) in [5.74, 6) is 1.20. The van der Waals surface area contributed by atoms with Crippen LogP contribution in [0.2, 0.25) is 15.1 Å².